The normalized spacial score (nSPS) is 18.4. The van der Waals surface area contributed by atoms with Gasteiger partial charge in [0, 0.05) is 25.6 Å². The molecule has 0 radical (unpaired) electrons. The number of rotatable bonds is 3. The topological polar surface area (TPSA) is 64.2 Å². The zero-order valence-electron chi connectivity index (χ0n) is 12.9. The van der Waals surface area contributed by atoms with E-state index in [1.54, 1.807) is 17.9 Å². The van der Waals surface area contributed by atoms with Crippen molar-refractivity contribution >= 4 is 21.8 Å². The lowest BCUT2D eigenvalue weighted by molar-refractivity contribution is 0.0718. The molecule has 0 unspecified atom stereocenters. The zero-order valence-corrected chi connectivity index (χ0v) is 14.5. The number of carbonyl (C=O) groups excluding carboxylic acids is 1. The zero-order chi connectivity index (χ0) is 15.9. The molecule has 1 fully saturated rings. The van der Waals surface area contributed by atoms with E-state index in [2.05, 4.69) is 40.0 Å². The Balaban J connectivity index is 1.88. The summed E-state index contributed by atoms with van der Waals surface area (Å²) < 4.78 is 7.71. The van der Waals surface area contributed by atoms with E-state index in [0.29, 0.717) is 10.2 Å². The fraction of sp³-hybridized carbons (Fsp3) is 0.533. The van der Waals surface area contributed by atoms with Crippen molar-refractivity contribution in [2.24, 2.45) is 7.05 Å². The molecule has 0 N–H and O–H groups in total. The second kappa shape index (κ2) is 5.87. The van der Waals surface area contributed by atoms with E-state index in [1.807, 2.05) is 11.0 Å². The van der Waals surface area contributed by atoms with Gasteiger partial charge in [0.2, 0.25) is 0 Å². The second-order valence-electron chi connectivity index (χ2n) is 5.93. The Morgan fingerprint density at radius 3 is 2.86 bits per heavy atom. The summed E-state index contributed by atoms with van der Waals surface area (Å²) in [5.74, 6) is 1.12. The highest BCUT2D eigenvalue weighted by atomic mass is 79.9. The molecular weight excluding hydrogens is 348 g/mol. The molecule has 0 spiro atoms. The molecule has 0 aromatic carbocycles. The lowest BCUT2D eigenvalue weighted by Gasteiger charge is -2.23. The van der Waals surface area contributed by atoms with E-state index < -0.39 is 0 Å². The molecule has 1 amide bonds. The first kappa shape index (κ1) is 15.3. The van der Waals surface area contributed by atoms with Crippen LogP contribution in [0.5, 0.6) is 0 Å². The molecule has 118 valence electrons. The maximum Gasteiger partial charge on any atom is 0.273 e. The van der Waals surface area contributed by atoms with Gasteiger partial charge in [-0.3, -0.25) is 9.48 Å². The number of halogens is 1. The van der Waals surface area contributed by atoms with Gasteiger partial charge in [0.25, 0.3) is 5.91 Å². The van der Waals surface area contributed by atoms with Crippen molar-refractivity contribution in [3.63, 3.8) is 0 Å². The van der Waals surface area contributed by atoms with Crippen molar-refractivity contribution < 1.29 is 9.32 Å². The number of likely N-dealkylation sites (tertiary alicyclic amines) is 1. The monoisotopic (exact) mass is 366 g/mol. The molecular formula is C15H19BrN4O2. The molecule has 1 aliphatic heterocycles. The molecule has 6 nitrogen and oxygen atoms in total. The summed E-state index contributed by atoms with van der Waals surface area (Å²) in [4.78, 5) is 14.7. The SMILES string of the molecule is CC(C)c1cc([C@H]2CCCN2C(=O)c2c(Br)cnn2C)no1. The predicted octanol–water partition coefficient (Wildman–Crippen LogP) is 3.27. The third kappa shape index (κ3) is 2.58. The fourth-order valence-corrected chi connectivity index (χ4v) is 3.36. The molecule has 3 rings (SSSR count). The molecule has 1 saturated heterocycles. The Morgan fingerprint density at radius 1 is 1.50 bits per heavy atom. The van der Waals surface area contributed by atoms with Crippen molar-refractivity contribution in [2.45, 2.75) is 38.6 Å². The van der Waals surface area contributed by atoms with Crippen LogP contribution in [0.25, 0.3) is 0 Å². The van der Waals surface area contributed by atoms with E-state index in [-0.39, 0.29) is 17.9 Å². The maximum atomic E-state index is 12.9. The first-order valence-electron chi connectivity index (χ1n) is 7.44. The number of nitrogens with zero attached hydrogens (tertiary/aromatic N) is 4. The van der Waals surface area contributed by atoms with E-state index >= 15 is 0 Å². The summed E-state index contributed by atoms with van der Waals surface area (Å²) in [5, 5.41) is 8.30. The minimum atomic E-state index is -0.0246. The van der Waals surface area contributed by atoms with Gasteiger partial charge in [0.05, 0.1) is 16.7 Å². The highest BCUT2D eigenvalue weighted by molar-refractivity contribution is 9.10. The number of amides is 1. The highest BCUT2D eigenvalue weighted by Crippen LogP contribution is 2.34. The van der Waals surface area contributed by atoms with Gasteiger partial charge in [0.1, 0.15) is 17.1 Å². The van der Waals surface area contributed by atoms with Crippen LogP contribution < -0.4 is 0 Å². The van der Waals surface area contributed by atoms with Crippen LogP contribution in [-0.4, -0.2) is 32.3 Å². The van der Waals surface area contributed by atoms with Crippen molar-refractivity contribution in [1.29, 1.82) is 0 Å². The van der Waals surface area contributed by atoms with Gasteiger partial charge in [-0.1, -0.05) is 19.0 Å². The number of hydrogen-bond acceptors (Lipinski definition) is 4. The Kier molecular flexibility index (Phi) is 4.08. The van der Waals surface area contributed by atoms with Crippen molar-refractivity contribution in [3.8, 4) is 0 Å². The standard InChI is InChI=1S/C15H19BrN4O2/c1-9(2)13-7-11(18-22-13)12-5-4-6-20(12)15(21)14-10(16)8-17-19(14)3/h7-9,12H,4-6H2,1-3H3/t12-/m1/s1. The van der Waals surface area contributed by atoms with Crippen molar-refractivity contribution in [2.75, 3.05) is 6.54 Å². The van der Waals surface area contributed by atoms with Gasteiger partial charge < -0.3 is 9.42 Å². The molecule has 7 heteroatoms. The van der Waals surface area contributed by atoms with E-state index in [9.17, 15) is 4.79 Å². The van der Waals surface area contributed by atoms with Crippen LogP contribution in [0.2, 0.25) is 0 Å². The van der Waals surface area contributed by atoms with Crippen molar-refractivity contribution in [3.05, 3.63) is 33.9 Å². The number of aryl methyl sites for hydroxylation is 1. The molecule has 0 bridgehead atoms. The van der Waals surface area contributed by atoms with E-state index in [4.69, 9.17) is 4.52 Å². The van der Waals surface area contributed by atoms with Crippen LogP contribution in [-0.2, 0) is 7.05 Å². The smallest absolute Gasteiger partial charge is 0.273 e. The van der Waals surface area contributed by atoms with Crippen LogP contribution in [0.3, 0.4) is 0 Å². The summed E-state index contributed by atoms with van der Waals surface area (Å²) in [7, 11) is 1.77. The molecule has 22 heavy (non-hydrogen) atoms. The van der Waals surface area contributed by atoms with E-state index in [0.717, 1.165) is 30.8 Å². The van der Waals surface area contributed by atoms with Crippen LogP contribution in [0.1, 0.15) is 60.6 Å². The third-order valence-electron chi connectivity index (χ3n) is 4.07. The summed E-state index contributed by atoms with van der Waals surface area (Å²) in [5.41, 5.74) is 1.41. The molecule has 1 aliphatic rings. The summed E-state index contributed by atoms with van der Waals surface area (Å²) in [6.07, 6.45) is 3.52. The van der Waals surface area contributed by atoms with Crippen molar-refractivity contribution in [1.82, 2.24) is 19.8 Å². The highest BCUT2D eigenvalue weighted by Gasteiger charge is 2.34. The van der Waals surface area contributed by atoms with Gasteiger partial charge in [-0.15, -0.1) is 0 Å². The quantitative estimate of drug-likeness (QED) is 0.835. The third-order valence-corrected chi connectivity index (χ3v) is 4.65. The predicted molar refractivity (Wildman–Crippen MR) is 84.5 cm³/mol. The summed E-state index contributed by atoms with van der Waals surface area (Å²) in [6, 6.07) is 1.95. The average Bonchev–Trinajstić information content (AvgIpc) is 3.17. The van der Waals surface area contributed by atoms with Gasteiger partial charge in [-0.2, -0.15) is 5.10 Å². The van der Waals surface area contributed by atoms with E-state index in [1.165, 1.54) is 0 Å². The number of aromatic nitrogens is 3. The largest absolute Gasteiger partial charge is 0.361 e. The first-order chi connectivity index (χ1) is 10.5. The summed E-state index contributed by atoms with van der Waals surface area (Å²) in [6.45, 7) is 4.86. The Bertz CT molecular complexity index is 672. The Labute approximate surface area is 137 Å². The maximum absolute atomic E-state index is 12.9. The molecule has 1 atom stereocenters. The van der Waals surface area contributed by atoms with Crippen LogP contribution in [0, 0.1) is 0 Å². The molecule has 0 aliphatic carbocycles. The minimum Gasteiger partial charge on any atom is -0.361 e. The fourth-order valence-electron chi connectivity index (χ4n) is 2.84. The minimum absolute atomic E-state index is 0.0226. The molecule has 3 heterocycles. The Morgan fingerprint density at radius 2 is 2.27 bits per heavy atom. The van der Waals surface area contributed by atoms with Gasteiger partial charge in [-0.05, 0) is 28.8 Å². The van der Waals surface area contributed by atoms with Gasteiger partial charge >= 0.3 is 0 Å². The second-order valence-corrected chi connectivity index (χ2v) is 6.78. The molecule has 2 aromatic heterocycles. The lowest BCUT2D eigenvalue weighted by Crippen LogP contribution is -2.32. The summed E-state index contributed by atoms with van der Waals surface area (Å²) >= 11 is 3.40. The molecule has 2 aromatic rings. The van der Waals surface area contributed by atoms with Gasteiger partial charge in [0.15, 0.2) is 0 Å². The first-order valence-corrected chi connectivity index (χ1v) is 8.23. The van der Waals surface area contributed by atoms with Gasteiger partial charge in [-0.25, -0.2) is 0 Å². The Hall–Kier alpha value is -1.63. The number of hydrogen-bond donors (Lipinski definition) is 0. The number of carbonyl (C=O) groups is 1. The van der Waals surface area contributed by atoms with Crippen LogP contribution in [0.4, 0.5) is 0 Å². The average molecular weight is 367 g/mol. The van der Waals surface area contributed by atoms with Crippen LogP contribution >= 0.6 is 15.9 Å². The molecule has 0 saturated carbocycles. The van der Waals surface area contributed by atoms with Crippen LogP contribution in [0.15, 0.2) is 21.3 Å². The lowest BCUT2D eigenvalue weighted by atomic mass is 10.1.